The van der Waals surface area contributed by atoms with E-state index in [0.717, 1.165) is 54.8 Å². The van der Waals surface area contributed by atoms with E-state index in [9.17, 15) is 18.0 Å². The maximum absolute atomic E-state index is 12.8. The van der Waals surface area contributed by atoms with Crippen LogP contribution in [0.3, 0.4) is 0 Å². The number of alkyl halides is 3. The summed E-state index contributed by atoms with van der Waals surface area (Å²) in [6.45, 7) is 3.62. The first kappa shape index (κ1) is 22.6. The number of nitrogens with zero attached hydrogens (tertiary/aromatic N) is 2. The van der Waals surface area contributed by atoms with Gasteiger partial charge in [0.1, 0.15) is 0 Å². The number of carbonyl (C=O) groups is 1. The molecule has 4 nitrogen and oxygen atoms in total. The lowest BCUT2D eigenvalue weighted by Gasteiger charge is -2.42. The van der Waals surface area contributed by atoms with Crippen LogP contribution in [-0.4, -0.2) is 34.4 Å². The number of nitrogens with one attached hydrogen (secondary N) is 1. The molecule has 2 fully saturated rings. The molecule has 1 unspecified atom stereocenters. The van der Waals surface area contributed by atoms with Crippen LogP contribution in [0.5, 0.6) is 0 Å². The van der Waals surface area contributed by atoms with E-state index in [1.807, 2.05) is 12.1 Å². The molecule has 1 N–H and O–H groups in total. The largest absolute Gasteiger partial charge is 0.416 e. The van der Waals surface area contributed by atoms with Gasteiger partial charge in [0.2, 0.25) is 5.91 Å². The molecule has 8 heteroatoms. The Kier molecular flexibility index (Phi) is 6.43. The third-order valence-corrected chi connectivity index (χ3v) is 6.28. The van der Waals surface area contributed by atoms with Crippen LogP contribution in [0.1, 0.15) is 49.9 Å². The molecule has 2 aromatic rings. The van der Waals surface area contributed by atoms with Gasteiger partial charge in [-0.1, -0.05) is 19.1 Å². The van der Waals surface area contributed by atoms with E-state index in [-0.39, 0.29) is 29.9 Å². The van der Waals surface area contributed by atoms with E-state index >= 15 is 0 Å². The van der Waals surface area contributed by atoms with Crippen molar-refractivity contribution in [3.05, 3.63) is 53.9 Å². The monoisotopic (exact) mass is 439 g/mol. The van der Waals surface area contributed by atoms with Gasteiger partial charge in [-0.15, -0.1) is 12.4 Å². The van der Waals surface area contributed by atoms with Gasteiger partial charge in [-0.2, -0.15) is 13.2 Å². The Hall–Kier alpha value is -2.12. The fourth-order valence-corrected chi connectivity index (χ4v) is 4.90. The minimum Gasteiger partial charge on any atom is -0.356 e. The summed E-state index contributed by atoms with van der Waals surface area (Å²) in [7, 11) is 0. The summed E-state index contributed by atoms with van der Waals surface area (Å²) in [4.78, 5) is 19.0. The van der Waals surface area contributed by atoms with Crippen LogP contribution in [0.15, 0.2) is 42.6 Å². The maximum atomic E-state index is 12.8. The number of rotatable bonds is 3. The molecule has 3 heterocycles. The molecule has 1 amide bonds. The second-order valence-electron chi connectivity index (χ2n) is 7.89. The number of benzene rings is 1. The highest BCUT2D eigenvalue weighted by Gasteiger charge is 2.48. The third-order valence-electron chi connectivity index (χ3n) is 6.28. The predicted molar refractivity (Wildman–Crippen MR) is 111 cm³/mol. The number of pyridine rings is 1. The van der Waals surface area contributed by atoms with Crippen molar-refractivity contribution in [2.45, 2.75) is 50.4 Å². The summed E-state index contributed by atoms with van der Waals surface area (Å²) in [5.41, 5.74) is 1.72. The SMILES string of the molecule is CCN1[C@H](c2cc(-c3ccc(C(F)(F)F)cc3)ccn2)CCC12CCNC(=O)C2.Cl. The van der Waals surface area contributed by atoms with Crippen molar-refractivity contribution >= 4 is 18.3 Å². The van der Waals surface area contributed by atoms with Crippen molar-refractivity contribution < 1.29 is 18.0 Å². The number of carbonyl (C=O) groups excluding carboxylic acids is 1. The van der Waals surface area contributed by atoms with Crippen LogP contribution < -0.4 is 5.32 Å². The smallest absolute Gasteiger partial charge is 0.356 e. The molecule has 2 aliphatic heterocycles. The first-order chi connectivity index (χ1) is 13.8. The highest BCUT2D eigenvalue weighted by Crippen LogP contribution is 2.46. The zero-order chi connectivity index (χ0) is 20.6. The second kappa shape index (κ2) is 8.55. The van der Waals surface area contributed by atoms with Crippen LogP contribution >= 0.6 is 12.4 Å². The summed E-state index contributed by atoms with van der Waals surface area (Å²) < 4.78 is 38.5. The van der Waals surface area contributed by atoms with E-state index < -0.39 is 11.7 Å². The number of likely N-dealkylation sites (tertiary alicyclic amines) is 1. The Balaban J connectivity index is 0.00000256. The maximum Gasteiger partial charge on any atom is 0.416 e. The lowest BCUT2D eigenvalue weighted by atomic mass is 9.85. The minimum absolute atomic E-state index is 0. The van der Waals surface area contributed by atoms with Gasteiger partial charge in [-0.05, 0) is 61.2 Å². The number of amides is 1. The van der Waals surface area contributed by atoms with Crippen LogP contribution in [0, 0.1) is 0 Å². The highest BCUT2D eigenvalue weighted by molar-refractivity contribution is 5.85. The lowest BCUT2D eigenvalue weighted by Crippen LogP contribution is -2.53. The third kappa shape index (κ3) is 4.18. The molecule has 0 bridgehead atoms. The van der Waals surface area contributed by atoms with Crippen molar-refractivity contribution in [2.24, 2.45) is 0 Å². The Labute approximate surface area is 180 Å². The molecular formula is C22H25ClF3N3O. The average molecular weight is 440 g/mol. The van der Waals surface area contributed by atoms with Gasteiger partial charge >= 0.3 is 6.18 Å². The van der Waals surface area contributed by atoms with Crippen LogP contribution in [0.2, 0.25) is 0 Å². The molecule has 0 saturated carbocycles. The van der Waals surface area contributed by atoms with Gasteiger partial charge in [0.05, 0.1) is 17.3 Å². The Morgan fingerprint density at radius 2 is 1.90 bits per heavy atom. The number of aromatic nitrogens is 1. The molecule has 1 aromatic heterocycles. The molecule has 2 aliphatic rings. The van der Waals surface area contributed by atoms with E-state index in [0.29, 0.717) is 13.0 Å². The topological polar surface area (TPSA) is 45.2 Å². The normalized spacial score (nSPS) is 24.5. The minimum atomic E-state index is -4.34. The van der Waals surface area contributed by atoms with E-state index in [4.69, 9.17) is 0 Å². The fraction of sp³-hybridized carbons (Fsp3) is 0.455. The molecule has 2 saturated heterocycles. The first-order valence-electron chi connectivity index (χ1n) is 9.99. The number of hydrogen-bond donors (Lipinski definition) is 1. The fourth-order valence-electron chi connectivity index (χ4n) is 4.90. The van der Waals surface area contributed by atoms with Crippen molar-refractivity contribution in [3.63, 3.8) is 0 Å². The van der Waals surface area contributed by atoms with Crippen LogP contribution in [-0.2, 0) is 11.0 Å². The highest BCUT2D eigenvalue weighted by atomic mass is 35.5. The lowest BCUT2D eigenvalue weighted by molar-refractivity contribution is -0.137. The molecule has 4 rings (SSSR count). The van der Waals surface area contributed by atoms with Crippen molar-refractivity contribution in [3.8, 4) is 11.1 Å². The molecule has 2 atom stereocenters. The summed E-state index contributed by atoms with van der Waals surface area (Å²) in [6, 6.07) is 9.12. The van der Waals surface area contributed by atoms with Gasteiger partial charge < -0.3 is 5.32 Å². The molecular weight excluding hydrogens is 415 g/mol. The molecule has 162 valence electrons. The molecule has 1 spiro atoms. The van der Waals surface area contributed by atoms with Crippen LogP contribution in [0.25, 0.3) is 11.1 Å². The van der Waals surface area contributed by atoms with E-state index in [2.05, 4.69) is 22.1 Å². The van der Waals surface area contributed by atoms with Gasteiger partial charge in [0.25, 0.3) is 0 Å². The Morgan fingerprint density at radius 3 is 2.53 bits per heavy atom. The number of piperidine rings is 1. The van der Waals surface area contributed by atoms with Gasteiger partial charge in [-0.3, -0.25) is 14.7 Å². The summed E-state index contributed by atoms with van der Waals surface area (Å²) in [5.74, 6) is 0.0989. The van der Waals surface area contributed by atoms with Crippen LogP contribution in [0.4, 0.5) is 13.2 Å². The molecule has 30 heavy (non-hydrogen) atoms. The average Bonchev–Trinajstić information content (AvgIpc) is 3.04. The summed E-state index contributed by atoms with van der Waals surface area (Å²) >= 11 is 0. The van der Waals surface area contributed by atoms with Gasteiger partial charge in [0, 0.05) is 24.7 Å². The second-order valence-corrected chi connectivity index (χ2v) is 7.89. The molecule has 0 radical (unpaired) electrons. The van der Waals surface area contributed by atoms with E-state index in [1.54, 1.807) is 6.20 Å². The van der Waals surface area contributed by atoms with Gasteiger partial charge in [-0.25, -0.2) is 0 Å². The summed E-state index contributed by atoms with van der Waals surface area (Å²) in [5, 5.41) is 2.92. The Morgan fingerprint density at radius 1 is 1.17 bits per heavy atom. The molecule has 1 aromatic carbocycles. The van der Waals surface area contributed by atoms with Crippen molar-refractivity contribution in [1.29, 1.82) is 0 Å². The zero-order valence-electron chi connectivity index (χ0n) is 16.7. The van der Waals surface area contributed by atoms with Crippen molar-refractivity contribution in [1.82, 2.24) is 15.2 Å². The quantitative estimate of drug-likeness (QED) is 0.732. The summed E-state index contributed by atoms with van der Waals surface area (Å²) in [6.07, 6.45) is 0.691. The molecule has 0 aliphatic carbocycles. The standard InChI is InChI=1S/C22H24F3N3O.ClH/c1-2-28-19(7-9-21(28)10-12-27-20(29)14-21)18-13-16(8-11-26-18)15-3-5-17(6-4-15)22(23,24)25;/h3-6,8,11,13,19H,2,7,9-10,12,14H2,1H3,(H,27,29);1H/t19-,21?;/m0./s1. The van der Waals surface area contributed by atoms with E-state index in [1.165, 1.54) is 12.1 Å². The Bertz CT molecular complexity index is 903. The first-order valence-corrected chi connectivity index (χ1v) is 9.99. The van der Waals surface area contributed by atoms with Crippen molar-refractivity contribution in [2.75, 3.05) is 13.1 Å². The predicted octanol–water partition coefficient (Wildman–Crippen LogP) is 4.99. The van der Waals surface area contributed by atoms with Gasteiger partial charge in [0.15, 0.2) is 0 Å². The zero-order valence-corrected chi connectivity index (χ0v) is 17.5. The number of hydrogen-bond acceptors (Lipinski definition) is 3. The number of halogens is 4.